The Balaban J connectivity index is 2.35. The highest BCUT2D eigenvalue weighted by Crippen LogP contribution is 2.25. The highest BCUT2D eigenvalue weighted by Gasteiger charge is 2.36. The Kier molecular flexibility index (Phi) is 3.96. The Morgan fingerprint density at radius 2 is 1.90 bits per heavy atom. The molecule has 0 bridgehead atoms. The summed E-state index contributed by atoms with van der Waals surface area (Å²) in [5.74, 6) is -0.0297. The SMILES string of the molecule is Cc1ccc(S(=O)(=O)N(C)[C@H]2CCS(=O)(=O)C2)c(C)c1. The average molecular weight is 317 g/mol. The molecule has 1 aliphatic rings. The van der Waals surface area contributed by atoms with Crippen LogP contribution in [-0.2, 0) is 19.9 Å². The molecule has 0 radical (unpaired) electrons. The van der Waals surface area contributed by atoms with Gasteiger partial charge in [-0.25, -0.2) is 16.8 Å². The fourth-order valence-corrected chi connectivity index (χ4v) is 5.96. The summed E-state index contributed by atoms with van der Waals surface area (Å²) < 4.78 is 49.4. The van der Waals surface area contributed by atoms with E-state index in [4.69, 9.17) is 0 Å². The summed E-state index contributed by atoms with van der Waals surface area (Å²) in [4.78, 5) is 0.245. The smallest absolute Gasteiger partial charge is 0.229 e. The zero-order valence-electron chi connectivity index (χ0n) is 11.8. The molecule has 112 valence electrons. The summed E-state index contributed by atoms with van der Waals surface area (Å²) >= 11 is 0. The van der Waals surface area contributed by atoms with Crippen LogP contribution in [0.15, 0.2) is 23.1 Å². The van der Waals surface area contributed by atoms with E-state index in [0.717, 1.165) is 5.56 Å². The van der Waals surface area contributed by atoms with Crippen LogP contribution in [0.3, 0.4) is 0 Å². The topological polar surface area (TPSA) is 71.5 Å². The van der Waals surface area contributed by atoms with Crippen LogP contribution in [0.5, 0.6) is 0 Å². The molecule has 5 nitrogen and oxygen atoms in total. The minimum atomic E-state index is -3.65. The zero-order chi connectivity index (χ0) is 15.1. The third-order valence-corrected chi connectivity index (χ3v) is 7.53. The first-order valence-corrected chi connectivity index (χ1v) is 9.65. The summed E-state index contributed by atoms with van der Waals surface area (Å²) in [6.07, 6.45) is 0.364. The van der Waals surface area contributed by atoms with Gasteiger partial charge in [0.2, 0.25) is 10.0 Å². The van der Waals surface area contributed by atoms with Crippen molar-refractivity contribution in [2.45, 2.75) is 31.2 Å². The number of benzene rings is 1. The highest BCUT2D eigenvalue weighted by molar-refractivity contribution is 7.92. The van der Waals surface area contributed by atoms with Crippen molar-refractivity contribution in [3.8, 4) is 0 Å². The van der Waals surface area contributed by atoms with Crippen molar-refractivity contribution in [2.24, 2.45) is 0 Å². The lowest BCUT2D eigenvalue weighted by atomic mass is 10.2. The van der Waals surface area contributed by atoms with Crippen LogP contribution in [0.25, 0.3) is 0 Å². The quantitative estimate of drug-likeness (QED) is 0.837. The van der Waals surface area contributed by atoms with Gasteiger partial charge in [0.1, 0.15) is 0 Å². The van der Waals surface area contributed by atoms with Crippen LogP contribution in [0, 0.1) is 13.8 Å². The first-order chi connectivity index (χ1) is 9.13. The van der Waals surface area contributed by atoms with E-state index < -0.39 is 25.9 Å². The van der Waals surface area contributed by atoms with Crippen molar-refractivity contribution >= 4 is 19.9 Å². The molecule has 0 saturated carbocycles. The van der Waals surface area contributed by atoms with Gasteiger partial charge in [0, 0.05) is 13.1 Å². The van der Waals surface area contributed by atoms with Gasteiger partial charge in [0.15, 0.2) is 9.84 Å². The molecule has 20 heavy (non-hydrogen) atoms. The van der Waals surface area contributed by atoms with Crippen LogP contribution in [0.4, 0.5) is 0 Å². The normalized spacial score (nSPS) is 22.3. The third kappa shape index (κ3) is 2.89. The third-order valence-electron chi connectivity index (χ3n) is 3.71. The maximum absolute atomic E-state index is 12.6. The fourth-order valence-electron chi connectivity index (χ4n) is 2.50. The van der Waals surface area contributed by atoms with E-state index in [-0.39, 0.29) is 16.4 Å². The van der Waals surface area contributed by atoms with Gasteiger partial charge < -0.3 is 0 Å². The molecule has 1 atom stereocenters. The highest BCUT2D eigenvalue weighted by atomic mass is 32.2. The van der Waals surface area contributed by atoms with Gasteiger partial charge in [0.25, 0.3) is 0 Å². The molecule has 0 N–H and O–H groups in total. The van der Waals surface area contributed by atoms with Gasteiger partial charge >= 0.3 is 0 Å². The predicted octanol–water partition coefficient (Wildman–Crippen LogP) is 1.11. The fraction of sp³-hybridized carbons (Fsp3) is 0.538. The molecule has 0 unspecified atom stereocenters. The van der Waals surface area contributed by atoms with E-state index in [2.05, 4.69) is 0 Å². The molecule has 1 aliphatic heterocycles. The second-order valence-corrected chi connectivity index (χ2v) is 9.54. The average Bonchev–Trinajstić information content (AvgIpc) is 2.68. The van der Waals surface area contributed by atoms with Crippen LogP contribution >= 0.6 is 0 Å². The molecule has 1 aromatic carbocycles. The molecule has 7 heteroatoms. The lowest BCUT2D eigenvalue weighted by Crippen LogP contribution is -2.38. The molecule has 0 spiro atoms. The largest absolute Gasteiger partial charge is 0.243 e. The molecule has 1 heterocycles. The Hall–Kier alpha value is -0.920. The molecule has 0 aromatic heterocycles. The van der Waals surface area contributed by atoms with Crippen LogP contribution < -0.4 is 0 Å². The molecule has 0 amide bonds. The first kappa shape index (κ1) is 15.5. The number of sulfonamides is 1. The summed E-state index contributed by atoms with van der Waals surface area (Å²) in [6, 6.07) is 4.68. The summed E-state index contributed by atoms with van der Waals surface area (Å²) in [5.41, 5.74) is 1.67. The Morgan fingerprint density at radius 3 is 2.40 bits per heavy atom. The number of sulfone groups is 1. The standard InChI is InChI=1S/C13H19NO4S2/c1-10-4-5-13(11(2)8-10)20(17,18)14(3)12-6-7-19(15,16)9-12/h4-5,8,12H,6-7,9H2,1-3H3/t12-/m0/s1. The number of hydrogen-bond acceptors (Lipinski definition) is 4. The van der Waals surface area contributed by atoms with Crippen LogP contribution in [0.1, 0.15) is 17.5 Å². The summed E-state index contributed by atoms with van der Waals surface area (Å²) in [5, 5.41) is 0. The number of rotatable bonds is 3. The van der Waals surface area contributed by atoms with Crippen molar-refractivity contribution in [3.63, 3.8) is 0 Å². The van der Waals surface area contributed by atoms with E-state index in [1.165, 1.54) is 11.4 Å². The molecule has 1 fully saturated rings. The maximum Gasteiger partial charge on any atom is 0.243 e. The molecule has 1 saturated heterocycles. The minimum Gasteiger partial charge on any atom is -0.229 e. The summed E-state index contributed by atoms with van der Waals surface area (Å²) in [7, 11) is -5.30. The van der Waals surface area contributed by atoms with Crippen LogP contribution in [-0.4, -0.2) is 45.7 Å². The van der Waals surface area contributed by atoms with Crippen molar-refractivity contribution in [3.05, 3.63) is 29.3 Å². The van der Waals surface area contributed by atoms with E-state index in [1.54, 1.807) is 19.1 Å². The van der Waals surface area contributed by atoms with Crippen LogP contribution in [0.2, 0.25) is 0 Å². The van der Waals surface area contributed by atoms with Gasteiger partial charge in [-0.1, -0.05) is 17.7 Å². The van der Waals surface area contributed by atoms with Crippen molar-refractivity contribution in [2.75, 3.05) is 18.6 Å². The molecule has 0 aliphatic carbocycles. The van der Waals surface area contributed by atoms with E-state index >= 15 is 0 Å². The maximum atomic E-state index is 12.6. The van der Waals surface area contributed by atoms with Crippen molar-refractivity contribution in [1.29, 1.82) is 0 Å². The van der Waals surface area contributed by atoms with Gasteiger partial charge in [0.05, 0.1) is 16.4 Å². The molecular weight excluding hydrogens is 298 g/mol. The van der Waals surface area contributed by atoms with Gasteiger partial charge in [-0.2, -0.15) is 4.31 Å². The van der Waals surface area contributed by atoms with E-state index in [1.807, 2.05) is 13.0 Å². The molecule has 1 aromatic rings. The van der Waals surface area contributed by atoms with Crippen molar-refractivity contribution < 1.29 is 16.8 Å². The Labute approximate surface area is 120 Å². The van der Waals surface area contributed by atoms with Gasteiger partial charge in [-0.15, -0.1) is 0 Å². The molecule has 2 rings (SSSR count). The van der Waals surface area contributed by atoms with E-state index in [0.29, 0.717) is 12.0 Å². The second-order valence-electron chi connectivity index (χ2n) is 5.35. The molecular formula is C13H19NO4S2. The zero-order valence-corrected chi connectivity index (χ0v) is 13.5. The monoisotopic (exact) mass is 317 g/mol. The lowest BCUT2D eigenvalue weighted by Gasteiger charge is -2.23. The van der Waals surface area contributed by atoms with Crippen molar-refractivity contribution in [1.82, 2.24) is 4.31 Å². The number of nitrogens with zero attached hydrogens (tertiary/aromatic N) is 1. The summed E-state index contributed by atoms with van der Waals surface area (Å²) in [6.45, 7) is 3.65. The number of hydrogen-bond donors (Lipinski definition) is 0. The second kappa shape index (κ2) is 5.13. The lowest BCUT2D eigenvalue weighted by molar-refractivity contribution is 0.393. The van der Waals surface area contributed by atoms with E-state index in [9.17, 15) is 16.8 Å². The Bertz CT molecular complexity index is 723. The minimum absolute atomic E-state index is 0.0599. The van der Waals surface area contributed by atoms with Gasteiger partial charge in [-0.05, 0) is 31.9 Å². The number of aryl methyl sites for hydroxylation is 2. The first-order valence-electron chi connectivity index (χ1n) is 6.39. The van der Waals surface area contributed by atoms with Gasteiger partial charge in [-0.3, -0.25) is 0 Å². The Morgan fingerprint density at radius 1 is 1.25 bits per heavy atom. The predicted molar refractivity (Wildman–Crippen MR) is 77.9 cm³/mol.